The van der Waals surface area contributed by atoms with Gasteiger partial charge in [0, 0.05) is 79.0 Å². The molecule has 0 bridgehead atoms. The van der Waals surface area contributed by atoms with Gasteiger partial charge in [-0.3, -0.25) is 0 Å². The minimum Gasteiger partial charge on any atom is -0.496 e. The van der Waals surface area contributed by atoms with Crippen molar-refractivity contribution < 1.29 is 18.9 Å². The minimum atomic E-state index is 0.562. The fourth-order valence-electron chi connectivity index (χ4n) is 18.4. The molecule has 12 rings (SSSR count). The molecule has 10 aromatic carbocycles. The second kappa shape index (κ2) is 53.1. The highest BCUT2D eigenvalue weighted by molar-refractivity contribution is 6.12. The number of hydrogen-bond donors (Lipinski definition) is 0. The van der Waals surface area contributed by atoms with E-state index in [-0.39, 0.29) is 0 Å². The molecular formula is C121H156N2O4. The summed E-state index contributed by atoms with van der Waals surface area (Å²) in [6.45, 7) is 31.2. The van der Waals surface area contributed by atoms with Gasteiger partial charge in [-0.1, -0.05) is 410 Å². The van der Waals surface area contributed by atoms with E-state index in [4.69, 9.17) is 18.9 Å². The quantitative estimate of drug-likeness (QED) is 0.0282. The molecule has 0 amide bonds. The molecular weight excluding hydrogens is 1550 g/mol. The molecule has 3 atom stereocenters. The lowest BCUT2D eigenvalue weighted by Gasteiger charge is -2.18. The van der Waals surface area contributed by atoms with E-state index in [1.165, 1.54) is 285 Å². The molecule has 0 radical (unpaired) electrons. The highest BCUT2D eigenvalue weighted by Crippen LogP contribution is 2.42. The Kier molecular flexibility index (Phi) is 40.8. The van der Waals surface area contributed by atoms with Crippen molar-refractivity contribution in [3.8, 4) is 67.5 Å². The van der Waals surface area contributed by atoms with Gasteiger partial charge in [0.05, 0.1) is 26.9 Å². The van der Waals surface area contributed by atoms with E-state index in [1.807, 2.05) is 6.92 Å². The minimum absolute atomic E-state index is 0.562. The van der Waals surface area contributed by atoms with Crippen LogP contribution in [-0.2, 0) is 13.1 Å². The lowest BCUT2D eigenvalue weighted by atomic mass is 9.99. The van der Waals surface area contributed by atoms with Crippen LogP contribution in [0.4, 0.5) is 0 Å². The van der Waals surface area contributed by atoms with Crippen LogP contribution in [0.5, 0.6) is 23.0 Å². The topological polar surface area (TPSA) is 46.8 Å². The highest BCUT2D eigenvalue weighted by atomic mass is 16.5. The Labute approximate surface area is 767 Å². The SMILES string of the molecule is C/C=C/c1cc(OC)c(/C=C/c2ccc(-c3ccc4c(c3)c3cc(-c5ccc(C)cc5)ccc3n4CC(CC)CCCC)cc2)cc1OCC(CC)CCCC.C/C=C/c1cc(OCCCCCCCCCCCC)c(/C=C/c2ccc(-c3ccc4c(c3)c3cc(-c5ccc(C)cc5)ccc3n4CC(CC)CCCC)cc2)cc1OCCCCCCCCCCCC. The van der Waals surface area contributed by atoms with Crippen molar-refractivity contribution in [2.75, 3.05) is 26.9 Å². The van der Waals surface area contributed by atoms with Crippen LogP contribution in [-0.4, -0.2) is 36.1 Å². The van der Waals surface area contributed by atoms with Gasteiger partial charge in [-0.15, -0.1) is 0 Å². The largest absolute Gasteiger partial charge is 0.496 e. The number of ether oxygens (including phenoxy) is 4. The zero-order valence-electron chi connectivity index (χ0n) is 80.5. The van der Waals surface area contributed by atoms with E-state index in [9.17, 15) is 0 Å². The van der Waals surface area contributed by atoms with E-state index in [2.05, 4.69) is 328 Å². The van der Waals surface area contributed by atoms with Crippen LogP contribution in [0.1, 0.15) is 319 Å². The van der Waals surface area contributed by atoms with Gasteiger partial charge in [0.2, 0.25) is 0 Å². The van der Waals surface area contributed by atoms with Gasteiger partial charge >= 0.3 is 0 Å². The number of unbranched alkanes of at least 4 members (excludes halogenated alkanes) is 21. The van der Waals surface area contributed by atoms with Crippen LogP contribution in [0.25, 0.3) is 125 Å². The van der Waals surface area contributed by atoms with Gasteiger partial charge in [0.25, 0.3) is 0 Å². The second-order valence-corrected chi connectivity index (χ2v) is 36.5. The summed E-state index contributed by atoms with van der Waals surface area (Å²) in [5, 5.41) is 5.32. The van der Waals surface area contributed by atoms with Crippen molar-refractivity contribution in [1.29, 1.82) is 0 Å². The van der Waals surface area contributed by atoms with Gasteiger partial charge in [-0.25, -0.2) is 0 Å². The molecule has 0 saturated heterocycles. The van der Waals surface area contributed by atoms with Gasteiger partial charge < -0.3 is 28.1 Å². The summed E-state index contributed by atoms with van der Waals surface area (Å²) in [5.41, 5.74) is 24.4. The van der Waals surface area contributed by atoms with Crippen molar-refractivity contribution in [3.05, 3.63) is 251 Å². The molecule has 0 N–H and O–H groups in total. The molecule has 0 aliphatic heterocycles. The molecule has 0 spiro atoms. The zero-order chi connectivity index (χ0) is 89.3. The standard InChI is InChI=1S/C68H93NO2.C53H63NO2/c1-7-12-15-17-19-21-23-25-27-29-47-70-67-52-62(68(51-61(67)31-10-4)71-48-30-28-26-24-22-20-18-16-13-8-2)42-37-56-35-40-58(41-36-56)60-44-46-66-64(50-60)63-49-59(57-38-33-54(6)34-39-57)43-45-65(63)69(66)53-55(11-5)32-14-9-3;1-8-13-16-39(11-4)36-54-50-30-28-44(42-23-18-38(6)19-24-42)32-48(50)49-33-45(29-31-51(49)54)43-25-20-41(21-26-43)22-27-47-35-53(46(15-10-3)34-52(47)55-7)56-37-40(12-5)17-14-9-2/h10,31,33-46,49-52,55H,7-9,11-30,32,47-48,53H2,1-6H3;10,15,18-35,39-40H,8-9,11-14,16-17,36-37H2,1-7H3/b31-10+,42-37+;15-10+,27-22+. The van der Waals surface area contributed by atoms with E-state index < -0.39 is 0 Å². The normalized spacial score (nSPS) is 12.6. The van der Waals surface area contributed by atoms with E-state index >= 15 is 0 Å². The Hall–Kier alpha value is -10.0. The molecule has 6 heteroatoms. The van der Waals surface area contributed by atoms with E-state index in [0.29, 0.717) is 17.8 Å². The van der Waals surface area contributed by atoms with Gasteiger partial charge in [0.15, 0.2) is 0 Å². The molecule has 127 heavy (non-hydrogen) atoms. The summed E-state index contributed by atoms with van der Waals surface area (Å²) in [6.07, 6.45) is 58.3. The first-order valence-electron chi connectivity index (χ1n) is 50.2. The summed E-state index contributed by atoms with van der Waals surface area (Å²) >= 11 is 0. The summed E-state index contributed by atoms with van der Waals surface area (Å²) in [5.74, 6) is 5.51. The first-order chi connectivity index (χ1) is 62.3. The maximum atomic E-state index is 6.63. The Morgan fingerprint density at radius 3 is 0.858 bits per heavy atom. The molecule has 2 heterocycles. The monoisotopic (exact) mass is 1700 g/mol. The predicted octanol–water partition coefficient (Wildman–Crippen LogP) is 36.9. The average molecular weight is 1700 g/mol. The van der Waals surface area contributed by atoms with Crippen molar-refractivity contribution in [2.24, 2.45) is 17.8 Å². The Bertz CT molecular complexity index is 5390. The molecule has 12 aromatic rings. The predicted molar refractivity (Wildman–Crippen MR) is 557 cm³/mol. The number of allylic oxidation sites excluding steroid dienone is 2. The fraction of sp³-hybridized carbons (Fsp3) is 0.438. The Morgan fingerprint density at radius 1 is 0.268 bits per heavy atom. The molecule has 674 valence electrons. The lowest BCUT2D eigenvalue weighted by molar-refractivity contribution is 0.232. The van der Waals surface area contributed by atoms with Crippen molar-refractivity contribution in [3.63, 3.8) is 0 Å². The summed E-state index contributed by atoms with van der Waals surface area (Å²) < 4.78 is 30.8. The number of methoxy groups -OCH3 is 1. The maximum absolute atomic E-state index is 6.63. The third kappa shape index (κ3) is 28.7. The van der Waals surface area contributed by atoms with Crippen LogP contribution in [0, 0.1) is 31.6 Å². The number of aromatic nitrogens is 2. The Balaban J connectivity index is 0.000000253. The summed E-state index contributed by atoms with van der Waals surface area (Å²) in [7, 11) is 1.74. The molecule has 2 aromatic heterocycles. The smallest absolute Gasteiger partial charge is 0.127 e. The van der Waals surface area contributed by atoms with Crippen LogP contribution in [0.3, 0.4) is 0 Å². The first-order valence-corrected chi connectivity index (χ1v) is 50.2. The van der Waals surface area contributed by atoms with Crippen LogP contribution in [0.15, 0.2) is 206 Å². The van der Waals surface area contributed by atoms with Gasteiger partial charge in [-0.2, -0.15) is 0 Å². The number of nitrogens with zero attached hydrogens (tertiary/aromatic N) is 2. The first kappa shape index (κ1) is 97.6. The average Bonchev–Trinajstić information content (AvgIpc) is 1.60. The van der Waals surface area contributed by atoms with Crippen molar-refractivity contribution in [1.82, 2.24) is 9.13 Å². The molecule has 0 fully saturated rings. The number of hydrogen-bond acceptors (Lipinski definition) is 4. The second-order valence-electron chi connectivity index (χ2n) is 36.5. The highest BCUT2D eigenvalue weighted by Gasteiger charge is 2.21. The zero-order valence-corrected chi connectivity index (χ0v) is 80.5. The molecule has 6 nitrogen and oxygen atoms in total. The summed E-state index contributed by atoms with van der Waals surface area (Å²) in [6, 6.07) is 72.9. The fourth-order valence-corrected chi connectivity index (χ4v) is 18.4. The van der Waals surface area contributed by atoms with Crippen molar-refractivity contribution in [2.45, 2.75) is 302 Å². The van der Waals surface area contributed by atoms with E-state index in [1.54, 1.807) is 7.11 Å². The third-order valence-electron chi connectivity index (χ3n) is 26.6. The summed E-state index contributed by atoms with van der Waals surface area (Å²) in [4.78, 5) is 0. The van der Waals surface area contributed by atoms with Crippen LogP contribution in [0.2, 0.25) is 0 Å². The number of aryl methyl sites for hydroxylation is 2. The van der Waals surface area contributed by atoms with Gasteiger partial charge in [-0.05, 0) is 206 Å². The van der Waals surface area contributed by atoms with Crippen LogP contribution >= 0.6 is 0 Å². The molecule has 0 aliphatic rings. The Morgan fingerprint density at radius 2 is 0.543 bits per heavy atom. The van der Waals surface area contributed by atoms with Crippen molar-refractivity contribution >= 4 is 80.1 Å². The van der Waals surface area contributed by atoms with E-state index in [0.717, 1.165) is 109 Å². The molecule has 3 unspecified atom stereocenters. The lowest BCUT2D eigenvalue weighted by Crippen LogP contribution is -2.12. The van der Waals surface area contributed by atoms with Gasteiger partial charge in [0.1, 0.15) is 23.0 Å². The number of rotatable bonds is 54. The molecule has 0 saturated carbocycles. The molecule has 0 aliphatic carbocycles. The number of fused-ring (bicyclic) bond motifs is 6. The third-order valence-corrected chi connectivity index (χ3v) is 26.6. The number of benzene rings is 10. The van der Waals surface area contributed by atoms with Crippen LogP contribution < -0.4 is 18.9 Å². The maximum Gasteiger partial charge on any atom is 0.127 e.